The molecule has 0 spiro atoms. The van der Waals surface area contributed by atoms with Gasteiger partial charge < -0.3 is 19.7 Å². The normalized spacial score (nSPS) is 24.7. The Bertz CT molecular complexity index is 190. The molecule has 0 aliphatic carbocycles. The molecule has 2 unspecified atom stereocenters. The van der Waals surface area contributed by atoms with Crippen LogP contribution in [0.2, 0.25) is 0 Å². The molecular weight excluding hydrogens is 216 g/mol. The van der Waals surface area contributed by atoms with E-state index in [-0.39, 0.29) is 0 Å². The van der Waals surface area contributed by atoms with E-state index in [0.29, 0.717) is 12.2 Å². The first-order valence-corrected chi connectivity index (χ1v) is 6.80. The minimum atomic E-state index is 0.422. The molecular formula is C13H28N2O2. The fraction of sp³-hybridized carbons (Fsp3) is 1.00. The first-order valence-electron chi connectivity index (χ1n) is 6.80. The Morgan fingerprint density at radius 1 is 1.35 bits per heavy atom. The summed E-state index contributed by atoms with van der Waals surface area (Å²) in [7, 11) is 3.92. The van der Waals surface area contributed by atoms with Crippen LogP contribution in [0.5, 0.6) is 0 Å². The van der Waals surface area contributed by atoms with E-state index >= 15 is 0 Å². The highest BCUT2D eigenvalue weighted by molar-refractivity contribution is 4.77. The predicted octanol–water partition coefficient (Wildman–Crippen LogP) is 1.11. The molecule has 0 saturated carbocycles. The van der Waals surface area contributed by atoms with E-state index in [4.69, 9.17) is 9.47 Å². The average Bonchev–Trinajstić information content (AvgIpc) is 2.74. The van der Waals surface area contributed by atoms with Crippen molar-refractivity contribution in [1.82, 2.24) is 10.2 Å². The van der Waals surface area contributed by atoms with Crippen LogP contribution in [0.4, 0.5) is 0 Å². The lowest BCUT2D eigenvalue weighted by molar-refractivity contribution is 0.0270. The molecule has 0 radical (unpaired) electrons. The summed E-state index contributed by atoms with van der Waals surface area (Å²) in [5, 5.41) is 3.35. The average molecular weight is 244 g/mol. The van der Waals surface area contributed by atoms with Crippen molar-refractivity contribution in [2.75, 3.05) is 46.9 Å². The van der Waals surface area contributed by atoms with Gasteiger partial charge in [-0.05, 0) is 32.9 Å². The van der Waals surface area contributed by atoms with Crippen molar-refractivity contribution in [1.29, 1.82) is 0 Å². The van der Waals surface area contributed by atoms with Crippen LogP contribution in [0.25, 0.3) is 0 Å². The van der Waals surface area contributed by atoms with Gasteiger partial charge in [0.15, 0.2) is 0 Å². The Balaban J connectivity index is 2.07. The van der Waals surface area contributed by atoms with Gasteiger partial charge in [-0.25, -0.2) is 0 Å². The van der Waals surface area contributed by atoms with Crippen LogP contribution in [-0.2, 0) is 9.47 Å². The monoisotopic (exact) mass is 244 g/mol. The van der Waals surface area contributed by atoms with Gasteiger partial charge in [0.2, 0.25) is 0 Å². The van der Waals surface area contributed by atoms with E-state index in [2.05, 4.69) is 24.2 Å². The van der Waals surface area contributed by atoms with Gasteiger partial charge in [-0.1, -0.05) is 6.92 Å². The predicted molar refractivity (Wildman–Crippen MR) is 70.4 cm³/mol. The zero-order chi connectivity index (χ0) is 12.5. The molecule has 1 heterocycles. The van der Waals surface area contributed by atoms with E-state index in [1.807, 2.05) is 0 Å². The minimum absolute atomic E-state index is 0.422. The molecule has 102 valence electrons. The van der Waals surface area contributed by atoms with E-state index in [0.717, 1.165) is 39.2 Å². The maximum atomic E-state index is 6.01. The van der Waals surface area contributed by atoms with Crippen LogP contribution in [0.15, 0.2) is 0 Å². The van der Waals surface area contributed by atoms with Gasteiger partial charge in [0, 0.05) is 33.4 Å². The molecule has 0 aromatic rings. The van der Waals surface area contributed by atoms with Gasteiger partial charge in [0.1, 0.15) is 0 Å². The zero-order valence-electron chi connectivity index (χ0n) is 11.6. The molecule has 1 fully saturated rings. The molecule has 1 rings (SSSR count). The smallest absolute Gasteiger partial charge is 0.0707 e. The number of ether oxygens (including phenoxy) is 2. The van der Waals surface area contributed by atoms with Gasteiger partial charge in [-0.3, -0.25) is 0 Å². The van der Waals surface area contributed by atoms with E-state index in [1.54, 1.807) is 7.11 Å². The van der Waals surface area contributed by atoms with E-state index in [1.165, 1.54) is 12.8 Å². The third-order valence-electron chi connectivity index (χ3n) is 3.22. The summed E-state index contributed by atoms with van der Waals surface area (Å²) < 4.78 is 11.1. The van der Waals surface area contributed by atoms with Crippen LogP contribution in [0.1, 0.15) is 26.2 Å². The summed E-state index contributed by atoms with van der Waals surface area (Å²) in [6.07, 6.45) is 4.34. The van der Waals surface area contributed by atoms with Crippen molar-refractivity contribution in [3.8, 4) is 0 Å². The lowest BCUT2D eigenvalue weighted by Crippen LogP contribution is -2.32. The quantitative estimate of drug-likeness (QED) is 0.616. The Kier molecular flexibility index (Phi) is 7.77. The maximum absolute atomic E-state index is 6.01. The maximum Gasteiger partial charge on any atom is 0.0707 e. The summed E-state index contributed by atoms with van der Waals surface area (Å²) in [6.45, 7) is 7.15. The first kappa shape index (κ1) is 14.9. The minimum Gasteiger partial charge on any atom is -0.385 e. The number of nitrogens with one attached hydrogen (secondary N) is 1. The Morgan fingerprint density at radius 3 is 2.82 bits per heavy atom. The van der Waals surface area contributed by atoms with Gasteiger partial charge in [0.25, 0.3) is 0 Å². The summed E-state index contributed by atoms with van der Waals surface area (Å²) in [6, 6.07) is 0. The van der Waals surface area contributed by atoms with Crippen LogP contribution < -0.4 is 5.32 Å². The summed E-state index contributed by atoms with van der Waals surface area (Å²) in [5.74, 6) is 0. The van der Waals surface area contributed by atoms with Crippen LogP contribution in [0, 0.1) is 0 Å². The lowest BCUT2D eigenvalue weighted by Gasteiger charge is -2.21. The standard InChI is InChI=1S/C13H28N2O2/c1-4-14-10-12-6-7-13(17-12)11-15(2)8-5-9-16-3/h12-14H,4-11H2,1-3H3. The van der Waals surface area contributed by atoms with Crippen LogP contribution in [-0.4, -0.2) is 64.1 Å². The van der Waals surface area contributed by atoms with Crippen molar-refractivity contribution >= 4 is 0 Å². The van der Waals surface area contributed by atoms with Gasteiger partial charge >= 0.3 is 0 Å². The molecule has 1 aliphatic heterocycles. The Morgan fingerprint density at radius 2 is 2.12 bits per heavy atom. The fourth-order valence-electron chi connectivity index (χ4n) is 2.29. The fourth-order valence-corrected chi connectivity index (χ4v) is 2.29. The summed E-state index contributed by atoms with van der Waals surface area (Å²) in [4.78, 5) is 2.35. The first-order chi connectivity index (χ1) is 8.26. The van der Waals surface area contributed by atoms with Crippen LogP contribution >= 0.6 is 0 Å². The molecule has 1 aliphatic rings. The summed E-state index contributed by atoms with van der Waals surface area (Å²) in [5.41, 5.74) is 0. The molecule has 0 aromatic carbocycles. The number of rotatable bonds is 9. The van der Waals surface area contributed by atoms with Crippen molar-refractivity contribution in [2.24, 2.45) is 0 Å². The van der Waals surface area contributed by atoms with Gasteiger partial charge in [-0.15, -0.1) is 0 Å². The van der Waals surface area contributed by atoms with Crippen molar-refractivity contribution in [3.63, 3.8) is 0 Å². The molecule has 2 atom stereocenters. The molecule has 1 saturated heterocycles. The molecule has 0 amide bonds. The van der Waals surface area contributed by atoms with Crippen LogP contribution in [0.3, 0.4) is 0 Å². The number of methoxy groups -OCH3 is 1. The van der Waals surface area contributed by atoms with Crippen molar-refractivity contribution < 1.29 is 9.47 Å². The second-order valence-corrected chi connectivity index (χ2v) is 4.87. The molecule has 0 aromatic heterocycles. The Hall–Kier alpha value is -0.160. The topological polar surface area (TPSA) is 33.7 Å². The molecule has 0 bridgehead atoms. The largest absolute Gasteiger partial charge is 0.385 e. The van der Waals surface area contributed by atoms with E-state index < -0.39 is 0 Å². The molecule has 4 heteroatoms. The van der Waals surface area contributed by atoms with Crippen molar-refractivity contribution in [2.45, 2.75) is 38.4 Å². The second kappa shape index (κ2) is 8.86. The lowest BCUT2D eigenvalue weighted by atomic mass is 10.2. The number of nitrogens with zero attached hydrogens (tertiary/aromatic N) is 1. The Labute approximate surface area is 106 Å². The summed E-state index contributed by atoms with van der Waals surface area (Å²) >= 11 is 0. The SMILES string of the molecule is CCNCC1CCC(CN(C)CCCOC)O1. The van der Waals surface area contributed by atoms with Crippen molar-refractivity contribution in [3.05, 3.63) is 0 Å². The van der Waals surface area contributed by atoms with E-state index in [9.17, 15) is 0 Å². The molecule has 17 heavy (non-hydrogen) atoms. The third-order valence-corrected chi connectivity index (χ3v) is 3.22. The highest BCUT2D eigenvalue weighted by Gasteiger charge is 2.25. The number of hydrogen-bond acceptors (Lipinski definition) is 4. The zero-order valence-corrected chi connectivity index (χ0v) is 11.6. The number of likely N-dealkylation sites (N-methyl/N-ethyl adjacent to an activating group) is 2. The highest BCUT2D eigenvalue weighted by Crippen LogP contribution is 2.19. The van der Waals surface area contributed by atoms with Gasteiger partial charge in [0.05, 0.1) is 12.2 Å². The highest BCUT2D eigenvalue weighted by atomic mass is 16.5. The molecule has 1 N–H and O–H groups in total. The number of hydrogen-bond donors (Lipinski definition) is 1. The second-order valence-electron chi connectivity index (χ2n) is 4.87. The van der Waals surface area contributed by atoms with Gasteiger partial charge in [-0.2, -0.15) is 0 Å². The third kappa shape index (κ3) is 6.36. The molecule has 4 nitrogen and oxygen atoms in total.